The zero-order valence-corrected chi connectivity index (χ0v) is 19.8. The molecule has 0 bridgehead atoms. The van der Waals surface area contributed by atoms with E-state index in [-0.39, 0.29) is 5.91 Å². The van der Waals surface area contributed by atoms with Gasteiger partial charge in [0.05, 0.1) is 18.7 Å². The summed E-state index contributed by atoms with van der Waals surface area (Å²) in [5.74, 6) is 1.48. The molecule has 0 saturated heterocycles. The zero-order chi connectivity index (χ0) is 22.8. The van der Waals surface area contributed by atoms with Gasteiger partial charge in [-0.25, -0.2) is 0 Å². The molecule has 1 aromatic carbocycles. The Kier molecular flexibility index (Phi) is 9.56. The van der Waals surface area contributed by atoms with Crippen molar-refractivity contribution in [1.29, 1.82) is 0 Å². The molecule has 1 aliphatic carbocycles. The predicted molar refractivity (Wildman–Crippen MR) is 128 cm³/mol. The highest BCUT2D eigenvalue weighted by molar-refractivity contribution is 5.76. The van der Waals surface area contributed by atoms with Gasteiger partial charge in [0.1, 0.15) is 5.75 Å². The Morgan fingerprint density at radius 1 is 1.22 bits per heavy atom. The lowest BCUT2D eigenvalue weighted by molar-refractivity contribution is -0.134. The van der Waals surface area contributed by atoms with E-state index in [1.807, 2.05) is 43.6 Å². The van der Waals surface area contributed by atoms with Crippen molar-refractivity contribution < 1.29 is 9.53 Å². The topological polar surface area (TPSA) is 73.5 Å². The fourth-order valence-corrected chi connectivity index (χ4v) is 4.69. The lowest BCUT2D eigenvalue weighted by atomic mass is 9.82. The van der Waals surface area contributed by atoms with Crippen LogP contribution in [0.15, 0.2) is 36.5 Å². The number of hydrogen-bond donors (Lipinski definition) is 2. The van der Waals surface area contributed by atoms with Gasteiger partial charge in [-0.2, -0.15) is 5.10 Å². The first-order chi connectivity index (χ1) is 15.6. The molecule has 32 heavy (non-hydrogen) atoms. The number of aromatic nitrogens is 2. The van der Waals surface area contributed by atoms with Gasteiger partial charge in [0.2, 0.25) is 5.91 Å². The number of nitrogens with zero attached hydrogens (tertiary/aromatic N) is 3. The van der Waals surface area contributed by atoms with Gasteiger partial charge in [-0.3, -0.25) is 9.89 Å². The molecule has 0 spiro atoms. The summed E-state index contributed by atoms with van der Waals surface area (Å²) in [6.45, 7) is 6.15. The monoisotopic (exact) mass is 441 g/mol. The fourth-order valence-electron chi connectivity index (χ4n) is 4.69. The number of aromatic amines is 1. The van der Waals surface area contributed by atoms with Crippen molar-refractivity contribution in [3.8, 4) is 5.75 Å². The van der Waals surface area contributed by atoms with Crippen LogP contribution < -0.4 is 10.1 Å². The second kappa shape index (κ2) is 12.6. The van der Waals surface area contributed by atoms with Crippen LogP contribution in [0, 0.1) is 0 Å². The molecule has 7 nitrogen and oxygen atoms in total. The van der Waals surface area contributed by atoms with E-state index in [9.17, 15) is 4.79 Å². The second-order valence-electron chi connectivity index (χ2n) is 8.73. The number of nitrogens with one attached hydrogen (secondary N) is 2. The lowest BCUT2D eigenvalue weighted by Gasteiger charge is -2.36. The van der Waals surface area contributed by atoms with Gasteiger partial charge in [0, 0.05) is 49.9 Å². The Balaban J connectivity index is 1.47. The van der Waals surface area contributed by atoms with E-state index in [1.54, 1.807) is 0 Å². The number of benzene rings is 1. The number of para-hydroxylation sites is 1. The van der Waals surface area contributed by atoms with Gasteiger partial charge in [0.25, 0.3) is 0 Å². The van der Waals surface area contributed by atoms with Gasteiger partial charge in [-0.15, -0.1) is 0 Å². The number of H-pyrrole nitrogens is 1. The number of hydrogen-bond acceptors (Lipinski definition) is 5. The Bertz CT molecular complexity index is 802. The van der Waals surface area contributed by atoms with Crippen molar-refractivity contribution in [3.63, 3.8) is 0 Å². The summed E-state index contributed by atoms with van der Waals surface area (Å²) in [6, 6.07) is 10.0. The Morgan fingerprint density at radius 2 is 1.97 bits per heavy atom. The van der Waals surface area contributed by atoms with Crippen LogP contribution >= 0.6 is 0 Å². The Hall–Kier alpha value is -2.38. The summed E-state index contributed by atoms with van der Waals surface area (Å²) >= 11 is 0. The molecule has 176 valence electrons. The molecule has 1 amide bonds. The summed E-state index contributed by atoms with van der Waals surface area (Å²) in [6.07, 6.45) is 6.69. The zero-order valence-electron chi connectivity index (χ0n) is 19.8. The van der Waals surface area contributed by atoms with Crippen molar-refractivity contribution in [3.05, 3.63) is 47.8 Å². The summed E-state index contributed by atoms with van der Waals surface area (Å²) in [4.78, 5) is 17.2. The van der Waals surface area contributed by atoms with Crippen molar-refractivity contribution in [1.82, 2.24) is 25.3 Å². The van der Waals surface area contributed by atoms with Gasteiger partial charge in [-0.1, -0.05) is 18.2 Å². The molecular weight excluding hydrogens is 402 g/mol. The van der Waals surface area contributed by atoms with E-state index in [0.717, 1.165) is 57.6 Å². The number of carbonyl (C=O) groups excluding carboxylic acids is 1. The minimum Gasteiger partial charge on any atom is -0.493 e. The number of ether oxygens (including phenoxy) is 1. The van der Waals surface area contributed by atoms with E-state index in [0.29, 0.717) is 25.0 Å². The summed E-state index contributed by atoms with van der Waals surface area (Å²) < 4.78 is 5.73. The van der Waals surface area contributed by atoms with Crippen LogP contribution in [0.3, 0.4) is 0 Å². The molecule has 1 heterocycles. The van der Waals surface area contributed by atoms with Crippen LogP contribution in [-0.4, -0.2) is 72.3 Å². The van der Waals surface area contributed by atoms with Crippen molar-refractivity contribution in [2.24, 2.45) is 0 Å². The quantitative estimate of drug-likeness (QED) is 0.528. The van der Waals surface area contributed by atoms with E-state index in [1.165, 1.54) is 11.3 Å². The van der Waals surface area contributed by atoms with E-state index < -0.39 is 0 Å². The second-order valence-corrected chi connectivity index (χ2v) is 8.73. The van der Waals surface area contributed by atoms with Gasteiger partial charge in [0.15, 0.2) is 0 Å². The van der Waals surface area contributed by atoms with Crippen LogP contribution in [-0.2, 0) is 11.3 Å². The van der Waals surface area contributed by atoms with E-state index in [2.05, 4.69) is 39.3 Å². The average molecular weight is 442 g/mol. The molecule has 0 aliphatic heterocycles. The largest absolute Gasteiger partial charge is 0.493 e. The number of rotatable bonds is 12. The van der Waals surface area contributed by atoms with Crippen LogP contribution in [0.2, 0.25) is 0 Å². The van der Waals surface area contributed by atoms with Crippen LogP contribution in [0.5, 0.6) is 5.75 Å². The molecule has 0 radical (unpaired) electrons. The predicted octanol–water partition coefficient (Wildman–Crippen LogP) is 3.40. The third-order valence-electron chi connectivity index (χ3n) is 6.45. The standard InChI is InChI=1S/C25H39N5O2/c1-4-30(24(31)14-17-32-23-8-6-5-7-9-23)22-12-10-20(11-13-22)25-21(18-27-28-25)19-29(3)16-15-26-2/h5-9,18,20,22,26H,4,10-17,19H2,1-3H3,(H,27,28)/t20-,22-. The molecule has 2 aromatic rings. The highest BCUT2D eigenvalue weighted by atomic mass is 16.5. The minimum atomic E-state index is 0.193. The molecule has 1 aliphatic rings. The lowest BCUT2D eigenvalue weighted by Crippen LogP contribution is -2.42. The molecule has 7 heteroatoms. The summed E-state index contributed by atoms with van der Waals surface area (Å²) in [5, 5.41) is 10.9. The third-order valence-corrected chi connectivity index (χ3v) is 6.45. The number of likely N-dealkylation sites (N-methyl/N-ethyl adjacent to an activating group) is 2. The maximum Gasteiger partial charge on any atom is 0.226 e. The maximum atomic E-state index is 12.9. The number of carbonyl (C=O) groups is 1. The molecule has 3 rings (SSSR count). The third kappa shape index (κ3) is 6.81. The highest BCUT2D eigenvalue weighted by Gasteiger charge is 2.30. The van der Waals surface area contributed by atoms with E-state index >= 15 is 0 Å². The SMILES string of the molecule is CCN(C(=O)CCOc1ccccc1)[C@H]1CC[C@H](c2n[nH]cc2CN(C)CCNC)CC1. The molecule has 1 aromatic heterocycles. The van der Waals surface area contributed by atoms with Gasteiger partial charge >= 0.3 is 0 Å². The molecule has 1 saturated carbocycles. The highest BCUT2D eigenvalue weighted by Crippen LogP contribution is 2.35. The molecule has 0 atom stereocenters. The Morgan fingerprint density at radius 3 is 2.66 bits per heavy atom. The minimum absolute atomic E-state index is 0.193. The van der Waals surface area contributed by atoms with Crippen molar-refractivity contribution >= 4 is 5.91 Å². The summed E-state index contributed by atoms with van der Waals surface area (Å²) in [7, 11) is 4.13. The molecule has 2 N–H and O–H groups in total. The average Bonchev–Trinajstić information content (AvgIpc) is 3.27. The molecular formula is C25H39N5O2. The molecule has 0 unspecified atom stereocenters. The van der Waals surface area contributed by atoms with Crippen molar-refractivity contribution in [2.75, 3.05) is 40.3 Å². The number of amides is 1. The smallest absolute Gasteiger partial charge is 0.226 e. The first kappa shape index (κ1) is 24.3. The first-order valence-corrected chi connectivity index (χ1v) is 11.9. The first-order valence-electron chi connectivity index (χ1n) is 11.9. The van der Waals surface area contributed by atoms with Gasteiger partial charge in [-0.05, 0) is 58.8 Å². The van der Waals surface area contributed by atoms with Crippen LogP contribution in [0.25, 0.3) is 0 Å². The van der Waals surface area contributed by atoms with Crippen LogP contribution in [0.1, 0.15) is 56.2 Å². The Labute approximate surface area is 192 Å². The van der Waals surface area contributed by atoms with Gasteiger partial charge < -0.3 is 19.9 Å². The normalized spacial score (nSPS) is 18.6. The maximum absolute atomic E-state index is 12.9. The van der Waals surface area contributed by atoms with E-state index in [4.69, 9.17) is 4.74 Å². The fraction of sp³-hybridized carbons (Fsp3) is 0.600. The summed E-state index contributed by atoms with van der Waals surface area (Å²) in [5.41, 5.74) is 2.51. The van der Waals surface area contributed by atoms with Crippen LogP contribution in [0.4, 0.5) is 0 Å². The molecule has 1 fully saturated rings. The van der Waals surface area contributed by atoms with Crippen molar-refractivity contribution in [2.45, 2.75) is 57.5 Å².